The van der Waals surface area contributed by atoms with Crippen LogP contribution in [0.2, 0.25) is 5.02 Å². The van der Waals surface area contributed by atoms with Gasteiger partial charge in [0.25, 0.3) is 0 Å². The quantitative estimate of drug-likeness (QED) is 0.464. The third-order valence-electron chi connectivity index (χ3n) is 6.22. The van der Waals surface area contributed by atoms with Gasteiger partial charge in [0.2, 0.25) is 17.7 Å². The van der Waals surface area contributed by atoms with Crippen molar-refractivity contribution in [2.75, 3.05) is 17.2 Å². The number of primary amides is 1. The normalized spacial score (nSPS) is 22.9. The molecule has 2 aliphatic rings. The Bertz CT molecular complexity index is 1180. The number of anilines is 2. The van der Waals surface area contributed by atoms with Crippen molar-refractivity contribution in [3.63, 3.8) is 0 Å². The van der Waals surface area contributed by atoms with Gasteiger partial charge < -0.3 is 21.1 Å². The van der Waals surface area contributed by atoms with Crippen LogP contribution in [0, 0.1) is 12.8 Å². The zero-order valence-corrected chi connectivity index (χ0v) is 19.5. The van der Waals surface area contributed by atoms with Crippen molar-refractivity contribution >= 4 is 46.7 Å². The summed E-state index contributed by atoms with van der Waals surface area (Å²) in [4.78, 5) is 50.3. The molecule has 5 N–H and O–H groups in total. The van der Waals surface area contributed by atoms with Crippen LogP contribution in [-0.4, -0.2) is 36.3 Å². The van der Waals surface area contributed by atoms with E-state index in [1.54, 1.807) is 43.3 Å². The van der Waals surface area contributed by atoms with E-state index in [1.165, 1.54) is 0 Å². The molecule has 1 saturated heterocycles. The summed E-state index contributed by atoms with van der Waals surface area (Å²) < 4.78 is 4.97. The molecule has 4 rings (SSSR count). The van der Waals surface area contributed by atoms with E-state index in [2.05, 4.69) is 16.0 Å². The van der Waals surface area contributed by atoms with Crippen LogP contribution in [0.4, 0.5) is 11.4 Å². The number of benzene rings is 2. The Balaban J connectivity index is 1.67. The van der Waals surface area contributed by atoms with Crippen LogP contribution in [-0.2, 0) is 24.7 Å². The second-order valence-corrected chi connectivity index (χ2v) is 8.93. The van der Waals surface area contributed by atoms with E-state index in [9.17, 15) is 19.2 Å². The molecule has 34 heavy (non-hydrogen) atoms. The van der Waals surface area contributed by atoms with Gasteiger partial charge in [-0.25, -0.2) is 4.79 Å². The maximum absolute atomic E-state index is 13.5. The number of nitrogens with two attached hydrogens (primary N) is 1. The van der Waals surface area contributed by atoms with Gasteiger partial charge in [-0.2, -0.15) is 0 Å². The largest absolute Gasteiger partial charge is 0.462 e. The highest BCUT2D eigenvalue weighted by atomic mass is 35.5. The summed E-state index contributed by atoms with van der Waals surface area (Å²) in [7, 11) is 0. The van der Waals surface area contributed by atoms with E-state index in [-0.39, 0.29) is 19.4 Å². The third-order valence-corrected chi connectivity index (χ3v) is 6.44. The van der Waals surface area contributed by atoms with Crippen molar-refractivity contribution in [3.8, 4) is 0 Å². The minimum Gasteiger partial charge on any atom is -0.462 e. The molecular weight excluding hydrogens is 460 g/mol. The van der Waals surface area contributed by atoms with Crippen molar-refractivity contribution in [1.82, 2.24) is 5.32 Å². The Kier molecular flexibility index (Phi) is 6.33. The van der Waals surface area contributed by atoms with Gasteiger partial charge in [0, 0.05) is 34.4 Å². The fourth-order valence-corrected chi connectivity index (χ4v) is 5.07. The summed E-state index contributed by atoms with van der Waals surface area (Å²) in [6.45, 7) is 3.79. The number of esters is 1. The first-order chi connectivity index (χ1) is 16.1. The Hall–Kier alpha value is -3.43. The smallest absolute Gasteiger partial charge is 0.338 e. The number of carbonyl (C=O) groups excluding carboxylic acids is 4. The van der Waals surface area contributed by atoms with Gasteiger partial charge >= 0.3 is 5.97 Å². The van der Waals surface area contributed by atoms with Crippen molar-refractivity contribution in [2.45, 2.75) is 38.3 Å². The molecule has 3 amide bonds. The Labute approximate surface area is 201 Å². The van der Waals surface area contributed by atoms with Crippen molar-refractivity contribution < 1.29 is 23.9 Å². The van der Waals surface area contributed by atoms with Gasteiger partial charge in [-0.1, -0.05) is 11.6 Å². The van der Waals surface area contributed by atoms with Crippen LogP contribution in [0.5, 0.6) is 0 Å². The lowest BCUT2D eigenvalue weighted by Gasteiger charge is -2.29. The van der Waals surface area contributed by atoms with Gasteiger partial charge in [0.15, 0.2) is 0 Å². The van der Waals surface area contributed by atoms with E-state index in [1.807, 2.05) is 6.92 Å². The number of fused-ring (bicyclic) bond motifs is 2. The van der Waals surface area contributed by atoms with E-state index in [0.717, 1.165) is 5.56 Å². The summed E-state index contributed by atoms with van der Waals surface area (Å²) in [6.07, 6.45) is 0.191. The first-order valence-corrected chi connectivity index (χ1v) is 11.3. The second-order valence-electron chi connectivity index (χ2n) is 8.49. The predicted molar refractivity (Wildman–Crippen MR) is 126 cm³/mol. The van der Waals surface area contributed by atoms with E-state index in [4.69, 9.17) is 22.1 Å². The van der Waals surface area contributed by atoms with Gasteiger partial charge in [-0.3, -0.25) is 19.7 Å². The molecule has 0 radical (unpaired) electrons. The Morgan fingerprint density at radius 2 is 1.94 bits per heavy atom. The van der Waals surface area contributed by atoms with Crippen molar-refractivity contribution in [2.24, 2.45) is 11.7 Å². The highest BCUT2D eigenvalue weighted by molar-refractivity contribution is 6.31. The summed E-state index contributed by atoms with van der Waals surface area (Å²) >= 11 is 6.30. The van der Waals surface area contributed by atoms with Crippen LogP contribution < -0.4 is 21.7 Å². The van der Waals surface area contributed by atoms with E-state index in [0.29, 0.717) is 27.5 Å². The van der Waals surface area contributed by atoms with Crippen LogP contribution in [0.25, 0.3) is 0 Å². The maximum atomic E-state index is 13.5. The molecule has 2 aliphatic heterocycles. The fraction of sp³-hybridized carbons (Fsp3) is 0.333. The molecule has 2 aromatic carbocycles. The second kappa shape index (κ2) is 9.08. The Morgan fingerprint density at radius 1 is 1.24 bits per heavy atom. The number of amides is 3. The summed E-state index contributed by atoms with van der Waals surface area (Å²) in [5, 5.41) is 9.35. The minimum absolute atomic E-state index is 0.0259. The highest BCUT2D eigenvalue weighted by Gasteiger charge is 2.60. The number of nitrogens with one attached hydrogen (secondary N) is 3. The lowest BCUT2D eigenvalue weighted by Crippen LogP contribution is -2.52. The number of hydrogen-bond donors (Lipinski definition) is 4. The molecule has 9 nitrogen and oxygen atoms in total. The number of hydrogen-bond acceptors (Lipinski definition) is 6. The molecule has 0 unspecified atom stereocenters. The molecule has 0 aliphatic carbocycles. The van der Waals surface area contributed by atoms with Crippen LogP contribution in [0.15, 0.2) is 36.4 Å². The lowest BCUT2D eigenvalue weighted by molar-refractivity contribution is -0.130. The molecule has 10 heteroatoms. The first-order valence-electron chi connectivity index (χ1n) is 10.9. The number of carbonyl (C=O) groups is 4. The summed E-state index contributed by atoms with van der Waals surface area (Å²) in [6, 6.07) is 9.19. The van der Waals surface area contributed by atoms with Crippen LogP contribution in [0.1, 0.15) is 41.3 Å². The average Bonchev–Trinajstić information content (AvgIpc) is 3.28. The van der Waals surface area contributed by atoms with Gasteiger partial charge in [-0.15, -0.1) is 0 Å². The molecule has 2 heterocycles. The minimum atomic E-state index is -1.40. The SMILES string of the molecule is CCOC(=O)c1ccc(NC(=O)[C@H]2C[C@H](CC(N)=O)N[C@]23C(=O)Nc2c(C)cc(Cl)cc23)cc1. The standard InChI is InChI=1S/C24H25ClN4O5/c1-3-34-22(32)13-4-6-15(7-5-13)27-21(31)18-10-16(11-19(26)30)29-24(18)17-9-14(25)8-12(2)20(17)28-23(24)33/h4-9,16,18,29H,3,10-11H2,1-2H3,(H2,26,30)(H,27,31)(H,28,33)/t16-,18-,24+/m1/s1. The van der Waals surface area contributed by atoms with Crippen molar-refractivity contribution in [3.05, 3.63) is 58.1 Å². The molecule has 0 saturated carbocycles. The molecule has 2 aromatic rings. The molecular formula is C24H25ClN4O5. The van der Waals surface area contributed by atoms with Crippen molar-refractivity contribution in [1.29, 1.82) is 0 Å². The Morgan fingerprint density at radius 3 is 2.59 bits per heavy atom. The highest BCUT2D eigenvalue weighted by Crippen LogP contribution is 2.49. The third kappa shape index (κ3) is 4.12. The molecule has 0 bridgehead atoms. The zero-order valence-electron chi connectivity index (χ0n) is 18.7. The number of halogens is 1. The maximum Gasteiger partial charge on any atom is 0.338 e. The fourth-order valence-electron chi connectivity index (χ4n) is 4.80. The average molecular weight is 485 g/mol. The summed E-state index contributed by atoms with van der Waals surface area (Å²) in [5.74, 6) is -2.65. The number of rotatable bonds is 6. The molecule has 1 fully saturated rings. The molecule has 3 atom stereocenters. The van der Waals surface area contributed by atoms with Gasteiger partial charge in [-0.05, 0) is 62.2 Å². The van der Waals surface area contributed by atoms with E-state index < -0.39 is 41.2 Å². The molecule has 178 valence electrons. The van der Waals surface area contributed by atoms with Crippen LogP contribution >= 0.6 is 11.6 Å². The lowest BCUT2D eigenvalue weighted by atomic mass is 9.79. The number of ether oxygens (including phenoxy) is 1. The summed E-state index contributed by atoms with van der Waals surface area (Å²) in [5.41, 5.74) is 6.73. The van der Waals surface area contributed by atoms with Gasteiger partial charge in [0.1, 0.15) is 5.54 Å². The zero-order chi connectivity index (χ0) is 24.6. The van der Waals surface area contributed by atoms with Crippen LogP contribution in [0.3, 0.4) is 0 Å². The molecule has 1 spiro atoms. The monoisotopic (exact) mass is 484 g/mol. The van der Waals surface area contributed by atoms with Gasteiger partial charge in [0.05, 0.1) is 18.1 Å². The number of aryl methyl sites for hydroxylation is 1. The van der Waals surface area contributed by atoms with E-state index >= 15 is 0 Å². The predicted octanol–water partition coefficient (Wildman–Crippen LogP) is 2.46. The first kappa shape index (κ1) is 23.7. The topological polar surface area (TPSA) is 140 Å². The molecule has 0 aromatic heterocycles.